The molecular weight excluding hydrogens is 548 g/mol. The van der Waals surface area contributed by atoms with Gasteiger partial charge in [0.15, 0.2) is 0 Å². The van der Waals surface area contributed by atoms with Crippen molar-refractivity contribution in [1.82, 2.24) is 9.96 Å². The van der Waals surface area contributed by atoms with Gasteiger partial charge in [0.1, 0.15) is 5.82 Å². The molecular formula is C33H32N4O4S. The average molecular weight is 581 g/mol. The van der Waals surface area contributed by atoms with Crippen LogP contribution in [0.15, 0.2) is 102 Å². The molecule has 3 aliphatic rings. The second-order valence-corrected chi connectivity index (χ2v) is 11.6. The van der Waals surface area contributed by atoms with E-state index >= 15 is 0 Å². The first kappa shape index (κ1) is 27.7. The highest BCUT2D eigenvalue weighted by molar-refractivity contribution is 8.00. The number of benzene rings is 3. The molecule has 2 amide bonds. The zero-order valence-corrected chi connectivity index (χ0v) is 24.4. The molecule has 9 heteroatoms. The van der Waals surface area contributed by atoms with Crippen LogP contribution < -0.4 is 9.80 Å². The molecule has 3 heterocycles. The van der Waals surface area contributed by atoms with Gasteiger partial charge < -0.3 is 14.6 Å². The van der Waals surface area contributed by atoms with Crippen molar-refractivity contribution in [3.8, 4) is 0 Å². The standard InChI is InChI=1S/C33H32N4O4S/c1-34(20-10-17-33(40)41-37-30(38)18-19-31(37)39)29-21-23(22-32-35(2)27-15-8-9-16-28(27)42-32)25-13-6-7-14-26(25)36(29)24-11-4-3-5-12-24/h3-9,11-16,21-22,32H,10,17-20H2,1-2H3. The van der Waals surface area contributed by atoms with Crippen molar-refractivity contribution in [3.05, 3.63) is 102 Å². The highest BCUT2D eigenvalue weighted by Crippen LogP contribution is 2.46. The van der Waals surface area contributed by atoms with E-state index in [9.17, 15) is 14.4 Å². The van der Waals surface area contributed by atoms with Gasteiger partial charge in [0, 0.05) is 56.0 Å². The van der Waals surface area contributed by atoms with Crippen molar-refractivity contribution in [2.45, 2.75) is 36.0 Å². The molecule has 3 aromatic carbocycles. The molecule has 214 valence electrons. The van der Waals surface area contributed by atoms with E-state index in [1.807, 2.05) is 37.0 Å². The highest BCUT2D eigenvalue weighted by atomic mass is 32.2. The smallest absolute Gasteiger partial charge is 0.333 e. The number of likely N-dealkylation sites (N-methyl/N-ethyl adjacent to an activating group) is 1. The third-order valence-electron chi connectivity index (χ3n) is 7.65. The lowest BCUT2D eigenvalue weighted by atomic mass is 9.97. The van der Waals surface area contributed by atoms with Crippen LogP contribution in [0.5, 0.6) is 0 Å². The van der Waals surface area contributed by atoms with E-state index < -0.39 is 17.8 Å². The van der Waals surface area contributed by atoms with Crippen molar-refractivity contribution in [1.29, 1.82) is 0 Å². The van der Waals surface area contributed by atoms with Crippen LogP contribution in [0.3, 0.4) is 0 Å². The van der Waals surface area contributed by atoms with Gasteiger partial charge in [-0.25, -0.2) is 4.79 Å². The summed E-state index contributed by atoms with van der Waals surface area (Å²) in [5.41, 5.74) is 5.61. The summed E-state index contributed by atoms with van der Waals surface area (Å²) in [4.78, 5) is 49.1. The number of para-hydroxylation sites is 3. The first-order chi connectivity index (χ1) is 20.4. The second kappa shape index (κ2) is 11.8. The number of amides is 2. The van der Waals surface area contributed by atoms with Crippen molar-refractivity contribution in [3.63, 3.8) is 0 Å². The van der Waals surface area contributed by atoms with Gasteiger partial charge in [-0.1, -0.05) is 60.3 Å². The molecule has 0 bridgehead atoms. The number of hydrogen-bond acceptors (Lipinski definition) is 8. The molecule has 1 atom stereocenters. The number of carbonyl (C=O) groups is 3. The number of hydroxylamine groups is 2. The number of thioether (sulfide) groups is 1. The number of rotatable bonds is 8. The molecule has 3 aromatic rings. The normalized spacial score (nSPS) is 18.7. The van der Waals surface area contributed by atoms with Gasteiger partial charge in [0.25, 0.3) is 11.8 Å². The summed E-state index contributed by atoms with van der Waals surface area (Å²) in [6.45, 7) is 0.561. The van der Waals surface area contributed by atoms with Crippen LogP contribution in [0, 0.1) is 0 Å². The van der Waals surface area contributed by atoms with Gasteiger partial charge in [-0.2, -0.15) is 0 Å². The fourth-order valence-corrected chi connectivity index (χ4v) is 6.70. The lowest BCUT2D eigenvalue weighted by Gasteiger charge is -2.38. The van der Waals surface area contributed by atoms with E-state index in [1.54, 1.807) is 0 Å². The average Bonchev–Trinajstić information content (AvgIpc) is 3.50. The Morgan fingerprint density at radius 2 is 1.62 bits per heavy atom. The Labute approximate surface area is 249 Å². The van der Waals surface area contributed by atoms with E-state index in [1.165, 1.54) is 10.6 Å². The predicted octanol–water partition coefficient (Wildman–Crippen LogP) is 5.95. The maximum atomic E-state index is 12.4. The predicted molar refractivity (Wildman–Crippen MR) is 165 cm³/mol. The van der Waals surface area contributed by atoms with E-state index in [0.29, 0.717) is 18.0 Å². The molecule has 8 nitrogen and oxygen atoms in total. The largest absolute Gasteiger partial charge is 0.361 e. The lowest BCUT2D eigenvalue weighted by Crippen LogP contribution is -2.34. The SMILES string of the molecule is CN(CCCC(=O)ON1C(=O)CCC1=O)C1=CC(=CC2Sc3ccccc3N2C)c2ccccc2N1c1ccccc1. The van der Waals surface area contributed by atoms with Crippen LogP contribution in [0.2, 0.25) is 0 Å². The molecule has 1 fully saturated rings. The van der Waals surface area contributed by atoms with E-state index in [0.717, 1.165) is 28.3 Å². The van der Waals surface area contributed by atoms with Crippen LogP contribution in [0.4, 0.5) is 17.1 Å². The first-order valence-electron chi connectivity index (χ1n) is 14.0. The van der Waals surface area contributed by atoms with Crippen LogP contribution in [-0.4, -0.2) is 53.8 Å². The number of carbonyl (C=O) groups excluding carboxylic acids is 3. The van der Waals surface area contributed by atoms with Crippen molar-refractivity contribution in [2.24, 2.45) is 0 Å². The van der Waals surface area contributed by atoms with Crippen LogP contribution in [0.1, 0.15) is 31.2 Å². The third-order valence-corrected chi connectivity index (χ3v) is 8.94. The van der Waals surface area contributed by atoms with Crippen LogP contribution in [0.25, 0.3) is 5.57 Å². The zero-order valence-electron chi connectivity index (χ0n) is 23.6. The topological polar surface area (TPSA) is 73.4 Å². The summed E-state index contributed by atoms with van der Waals surface area (Å²) in [6.07, 6.45) is 5.27. The van der Waals surface area contributed by atoms with Crippen LogP contribution >= 0.6 is 11.8 Å². The number of anilines is 3. The molecule has 0 aromatic heterocycles. The maximum absolute atomic E-state index is 12.4. The minimum Gasteiger partial charge on any atom is -0.361 e. The first-order valence-corrected chi connectivity index (χ1v) is 14.9. The maximum Gasteiger partial charge on any atom is 0.333 e. The van der Waals surface area contributed by atoms with Crippen molar-refractivity contribution in [2.75, 3.05) is 30.4 Å². The van der Waals surface area contributed by atoms with Gasteiger partial charge in [-0.05, 0) is 54.5 Å². The van der Waals surface area contributed by atoms with Gasteiger partial charge in [-0.15, -0.1) is 5.06 Å². The van der Waals surface area contributed by atoms with Crippen LogP contribution in [-0.2, 0) is 19.2 Å². The van der Waals surface area contributed by atoms with E-state index in [4.69, 9.17) is 4.84 Å². The molecule has 42 heavy (non-hydrogen) atoms. The molecule has 1 saturated heterocycles. The Balaban J connectivity index is 1.27. The van der Waals surface area contributed by atoms with Gasteiger partial charge in [-0.3, -0.25) is 14.5 Å². The minimum atomic E-state index is -0.587. The number of allylic oxidation sites excluding steroid dienone is 2. The Hall–Kier alpha value is -4.50. The Morgan fingerprint density at radius 3 is 2.36 bits per heavy atom. The van der Waals surface area contributed by atoms with E-state index in [2.05, 4.69) is 94.6 Å². The number of imide groups is 1. The molecule has 0 aliphatic carbocycles. The summed E-state index contributed by atoms with van der Waals surface area (Å²) in [7, 11) is 4.14. The van der Waals surface area contributed by atoms with Gasteiger partial charge in [0.05, 0.1) is 16.7 Å². The highest BCUT2D eigenvalue weighted by Gasteiger charge is 2.33. The van der Waals surface area contributed by atoms with Gasteiger partial charge >= 0.3 is 5.97 Å². The molecule has 1 unspecified atom stereocenters. The minimum absolute atomic E-state index is 0.0803. The zero-order chi connectivity index (χ0) is 29.2. The fourth-order valence-electron chi connectivity index (χ4n) is 5.46. The molecule has 0 radical (unpaired) electrons. The summed E-state index contributed by atoms with van der Waals surface area (Å²) < 4.78 is 0. The summed E-state index contributed by atoms with van der Waals surface area (Å²) >= 11 is 1.84. The second-order valence-electron chi connectivity index (χ2n) is 10.5. The molecule has 3 aliphatic heterocycles. The quantitative estimate of drug-likeness (QED) is 0.303. The molecule has 0 spiro atoms. The van der Waals surface area contributed by atoms with Crippen molar-refractivity contribution >= 4 is 52.2 Å². The van der Waals surface area contributed by atoms with Crippen molar-refractivity contribution < 1.29 is 19.2 Å². The summed E-state index contributed by atoms with van der Waals surface area (Å²) in [6, 6.07) is 27.1. The Kier molecular flexibility index (Phi) is 7.75. The molecule has 6 rings (SSSR count). The summed E-state index contributed by atoms with van der Waals surface area (Å²) in [5.74, 6) is -0.545. The third kappa shape index (κ3) is 5.39. The Morgan fingerprint density at radius 1 is 0.952 bits per heavy atom. The van der Waals surface area contributed by atoms with Gasteiger partial charge in [0.2, 0.25) is 0 Å². The number of hydrogen-bond donors (Lipinski definition) is 0. The number of fused-ring (bicyclic) bond motifs is 2. The molecule has 0 saturated carbocycles. The molecule has 0 N–H and O–H groups in total. The van der Waals surface area contributed by atoms with E-state index in [-0.39, 0.29) is 24.6 Å². The lowest BCUT2D eigenvalue weighted by molar-refractivity contribution is -0.197. The monoisotopic (exact) mass is 580 g/mol. The number of nitrogens with zero attached hydrogens (tertiary/aromatic N) is 4. The fraction of sp³-hybridized carbons (Fsp3) is 0.242. The Bertz CT molecular complexity index is 1570. The summed E-state index contributed by atoms with van der Waals surface area (Å²) in [5, 5.41) is 0.749.